The van der Waals surface area contributed by atoms with E-state index in [0.29, 0.717) is 10.7 Å². The summed E-state index contributed by atoms with van der Waals surface area (Å²) in [6.45, 7) is 0. The summed E-state index contributed by atoms with van der Waals surface area (Å²) in [4.78, 5) is 26.8. The van der Waals surface area contributed by atoms with Gasteiger partial charge in [-0.15, -0.1) is 11.3 Å². The second kappa shape index (κ2) is 6.63. The number of esters is 1. The van der Waals surface area contributed by atoms with Gasteiger partial charge >= 0.3 is 5.97 Å². The predicted octanol–water partition coefficient (Wildman–Crippen LogP) is 2.58. The number of ether oxygens (including phenoxy) is 1. The monoisotopic (exact) mass is 288 g/mol. The summed E-state index contributed by atoms with van der Waals surface area (Å²) >= 11 is 1.35. The molecule has 1 N–H and O–H groups in total. The number of carbonyl (C=O) groups excluding carboxylic acids is 2. The second-order valence-corrected chi connectivity index (χ2v) is 4.67. The van der Waals surface area contributed by atoms with E-state index in [-0.39, 0.29) is 11.9 Å². The molecule has 0 aliphatic rings. The van der Waals surface area contributed by atoms with E-state index < -0.39 is 0 Å². The Morgan fingerprint density at radius 2 is 2.05 bits per heavy atom. The molecular formula is C14H12N2O3S. The molecule has 2 aromatic rings. The maximum atomic E-state index is 11.6. The van der Waals surface area contributed by atoms with Gasteiger partial charge < -0.3 is 4.74 Å². The van der Waals surface area contributed by atoms with Crippen molar-refractivity contribution >= 4 is 34.4 Å². The number of methoxy groups -OCH3 is 1. The number of hydrogen-bond donors (Lipinski definition) is 1. The Balaban J connectivity index is 1.97. The van der Waals surface area contributed by atoms with E-state index in [1.807, 2.05) is 0 Å². The van der Waals surface area contributed by atoms with Crippen molar-refractivity contribution in [1.82, 2.24) is 4.98 Å². The molecule has 0 saturated heterocycles. The van der Waals surface area contributed by atoms with Crippen molar-refractivity contribution in [3.63, 3.8) is 0 Å². The van der Waals surface area contributed by atoms with Crippen LogP contribution in [0, 0.1) is 0 Å². The van der Waals surface area contributed by atoms with Crippen molar-refractivity contribution in [2.45, 2.75) is 0 Å². The average molecular weight is 288 g/mol. The Hall–Kier alpha value is -2.47. The van der Waals surface area contributed by atoms with Crippen molar-refractivity contribution in [3.8, 4) is 0 Å². The van der Waals surface area contributed by atoms with Crippen LogP contribution in [0.1, 0.15) is 15.9 Å². The Kier molecular flexibility index (Phi) is 4.62. The smallest absolute Gasteiger partial charge is 0.337 e. The van der Waals surface area contributed by atoms with E-state index in [2.05, 4.69) is 15.0 Å². The molecule has 5 nitrogen and oxygen atoms in total. The van der Waals surface area contributed by atoms with Crippen LogP contribution < -0.4 is 5.32 Å². The van der Waals surface area contributed by atoms with Gasteiger partial charge in [0, 0.05) is 17.7 Å². The van der Waals surface area contributed by atoms with Crippen molar-refractivity contribution in [2.75, 3.05) is 12.4 Å². The van der Waals surface area contributed by atoms with Crippen LogP contribution in [0.15, 0.2) is 41.9 Å². The van der Waals surface area contributed by atoms with Gasteiger partial charge in [-0.25, -0.2) is 9.78 Å². The fourth-order valence-electron chi connectivity index (χ4n) is 1.45. The molecule has 0 saturated carbocycles. The first-order valence-electron chi connectivity index (χ1n) is 5.76. The van der Waals surface area contributed by atoms with E-state index in [1.54, 1.807) is 41.9 Å². The summed E-state index contributed by atoms with van der Waals surface area (Å²) in [5.41, 5.74) is 1.28. The summed E-state index contributed by atoms with van der Waals surface area (Å²) in [5.74, 6) is -0.640. The highest BCUT2D eigenvalue weighted by Crippen LogP contribution is 2.11. The molecule has 1 aromatic carbocycles. The molecule has 20 heavy (non-hydrogen) atoms. The molecule has 0 radical (unpaired) electrons. The van der Waals surface area contributed by atoms with Crippen LogP contribution in [-0.2, 0) is 9.53 Å². The van der Waals surface area contributed by atoms with Crippen LogP contribution in [0.5, 0.6) is 0 Å². The fraction of sp³-hybridized carbons (Fsp3) is 0.0714. The molecule has 0 bridgehead atoms. The topological polar surface area (TPSA) is 68.3 Å². The zero-order chi connectivity index (χ0) is 14.4. The lowest BCUT2D eigenvalue weighted by atomic mass is 10.1. The molecular weight excluding hydrogens is 276 g/mol. The van der Waals surface area contributed by atoms with Crippen molar-refractivity contribution < 1.29 is 14.3 Å². The first-order chi connectivity index (χ1) is 9.69. The number of amides is 1. The number of rotatable bonds is 4. The van der Waals surface area contributed by atoms with Crippen molar-refractivity contribution in [1.29, 1.82) is 0 Å². The molecule has 1 aromatic heterocycles. The number of nitrogens with one attached hydrogen (secondary N) is 1. The zero-order valence-electron chi connectivity index (χ0n) is 10.7. The van der Waals surface area contributed by atoms with Crippen LogP contribution in [0.25, 0.3) is 6.08 Å². The molecule has 0 atom stereocenters. The third-order valence-electron chi connectivity index (χ3n) is 2.42. The van der Waals surface area contributed by atoms with Gasteiger partial charge in [0.05, 0.1) is 12.7 Å². The number of aromatic nitrogens is 1. The molecule has 102 valence electrons. The maximum Gasteiger partial charge on any atom is 0.337 e. The molecule has 1 amide bonds. The number of benzene rings is 1. The quantitative estimate of drug-likeness (QED) is 0.693. The number of hydrogen-bond acceptors (Lipinski definition) is 5. The van der Waals surface area contributed by atoms with Crippen LogP contribution in [0.2, 0.25) is 0 Å². The molecule has 0 aliphatic heterocycles. The molecule has 6 heteroatoms. The first-order valence-corrected chi connectivity index (χ1v) is 6.64. The third-order valence-corrected chi connectivity index (χ3v) is 3.11. The van der Waals surface area contributed by atoms with Gasteiger partial charge in [0.1, 0.15) is 0 Å². The lowest BCUT2D eigenvalue weighted by molar-refractivity contribution is -0.111. The lowest BCUT2D eigenvalue weighted by Crippen LogP contribution is -2.07. The first kappa shape index (κ1) is 14.0. The van der Waals surface area contributed by atoms with Crippen LogP contribution in [0.4, 0.5) is 5.13 Å². The Morgan fingerprint density at radius 3 is 2.65 bits per heavy atom. The van der Waals surface area contributed by atoms with Gasteiger partial charge in [-0.3, -0.25) is 10.1 Å². The molecule has 1 heterocycles. The van der Waals surface area contributed by atoms with E-state index in [0.717, 1.165) is 5.56 Å². The number of thiazole rings is 1. The van der Waals surface area contributed by atoms with Crippen LogP contribution in [-0.4, -0.2) is 24.0 Å². The summed E-state index contributed by atoms with van der Waals surface area (Å²) < 4.78 is 4.61. The van der Waals surface area contributed by atoms with Gasteiger partial charge in [0.25, 0.3) is 0 Å². The molecule has 0 spiro atoms. The Morgan fingerprint density at radius 1 is 1.30 bits per heavy atom. The summed E-state index contributed by atoms with van der Waals surface area (Å²) in [5, 5.41) is 4.98. The number of nitrogens with zero attached hydrogens (tertiary/aromatic N) is 1. The summed E-state index contributed by atoms with van der Waals surface area (Å²) in [6.07, 6.45) is 4.69. The van der Waals surface area contributed by atoms with Crippen molar-refractivity contribution in [3.05, 3.63) is 53.0 Å². The standard InChI is InChI=1S/C14H12N2O3S/c1-19-13(18)11-5-2-10(3-6-11)4-7-12(17)16-14-15-8-9-20-14/h2-9H,1H3,(H,15,16,17). The normalized spacial score (nSPS) is 10.4. The summed E-state index contributed by atoms with van der Waals surface area (Å²) in [6, 6.07) is 6.76. The lowest BCUT2D eigenvalue weighted by Gasteiger charge is -1.99. The van der Waals surface area contributed by atoms with Crippen molar-refractivity contribution in [2.24, 2.45) is 0 Å². The van der Waals surface area contributed by atoms with Crippen LogP contribution in [0.3, 0.4) is 0 Å². The zero-order valence-corrected chi connectivity index (χ0v) is 11.5. The molecule has 2 rings (SSSR count). The minimum Gasteiger partial charge on any atom is -0.465 e. The SMILES string of the molecule is COC(=O)c1ccc(C=CC(=O)Nc2nccs2)cc1. The largest absolute Gasteiger partial charge is 0.465 e. The molecule has 0 unspecified atom stereocenters. The van der Waals surface area contributed by atoms with E-state index in [9.17, 15) is 9.59 Å². The minimum atomic E-state index is -0.387. The highest BCUT2D eigenvalue weighted by Gasteiger charge is 2.03. The van der Waals surface area contributed by atoms with E-state index in [1.165, 1.54) is 24.5 Å². The highest BCUT2D eigenvalue weighted by molar-refractivity contribution is 7.13. The third kappa shape index (κ3) is 3.76. The van der Waals surface area contributed by atoms with Gasteiger partial charge in [-0.05, 0) is 23.8 Å². The van der Waals surface area contributed by atoms with Gasteiger partial charge in [0.2, 0.25) is 5.91 Å². The summed E-state index contributed by atoms with van der Waals surface area (Å²) in [7, 11) is 1.33. The highest BCUT2D eigenvalue weighted by atomic mass is 32.1. The minimum absolute atomic E-state index is 0.253. The average Bonchev–Trinajstić information content (AvgIpc) is 2.97. The second-order valence-electron chi connectivity index (χ2n) is 3.77. The number of carbonyl (C=O) groups is 2. The molecule has 0 fully saturated rings. The predicted molar refractivity (Wildman–Crippen MR) is 77.6 cm³/mol. The van der Waals surface area contributed by atoms with E-state index >= 15 is 0 Å². The maximum absolute atomic E-state index is 11.6. The molecule has 0 aliphatic carbocycles. The fourth-order valence-corrected chi connectivity index (χ4v) is 1.98. The van der Waals surface area contributed by atoms with Gasteiger partial charge in [0.15, 0.2) is 5.13 Å². The Bertz CT molecular complexity index is 618. The number of anilines is 1. The Labute approximate surface area is 119 Å². The van der Waals surface area contributed by atoms with Gasteiger partial charge in [-0.1, -0.05) is 12.1 Å². The van der Waals surface area contributed by atoms with Gasteiger partial charge in [-0.2, -0.15) is 0 Å². The van der Waals surface area contributed by atoms with E-state index in [4.69, 9.17) is 0 Å². The van der Waals surface area contributed by atoms with Crippen LogP contribution >= 0.6 is 11.3 Å².